The van der Waals surface area contributed by atoms with Crippen molar-refractivity contribution in [2.45, 2.75) is 16.7 Å². The summed E-state index contributed by atoms with van der Waals surface area (Å²) < 4.78 is 0. The van der Waals surface area contributed by atoms with Crippen LogP contribution in [0.4, 0.5) is 0 Å². The Hall–Kier alpha value is -1.55. The number of H-pyrrole nitrogens is 1. The van der Waals surface area contributed by atoms with E-state index in [1.807, 2.05) is 18.2 Å². The molecule has 0 bridgehead atoms. The lowest BCUT2D eigenvalue weighted by molar-refractivity contribution is 0.889. The number of nitrogens with zero attached hydrogens (tertiary/aromatic N) is 1. The van der Waals surface area contributed by atoms with Gasteiger partial charge in [0.1, 0.15) is 5.03 Å². The van der Waals surface area contributed by atoms with E-state index >= 15 is 0 Å². The topological polar surface area (TPSA) is 45.8 Å². The third-order valence-corrected chi connectivity index (χ3v) is 4.02. The van der Waals surface area contributed by atoms with Gasteiger partial charge < -0.3 is 4.98 Å². The van der Waals surface area contributed by atoms with E-state index in [1.54, 1.807) is 11.8 Å². The molecule has 1 aromatic heterocycles. The van der Waals surface area contributed by atoms with Gasteiger partial charge in [0.25, 0.3) is 5.56 Å². The fourth-order valence-corrected chi connectivity index (χ4v) is 3.15. The lowest BCUT2D eigenvalue weighted by Gasteiger charge is -2.06. The van der Waals surface area contributed by atoms with Crippen LogP contribution in [0.5, 0.6) is 0 Å². The minimum atomic E-state index is -0.00377. The molecule has 1 aromatic carbocycles. The maximum absolute atomic E-state index is 11.6. The van der Waals surface area contributed by atoms with Gasteiger partial charge in [0.15, 0.2) is 0 Å². The van der Waals surface area contributed by atoms with Crippen molar-refractivity contribution in [1.82, 2.24) is 9.97 Å². The standard InChI is InChI=1S/C12H10N2OS/c15-11-9-6-10(8-4-2-1-3-5-8)16-12(9)14-7-13-11/h1-5,7,10H,6H2,(H,13,14,15). The number of benzene rings is 1. The van der Waals surface area contributed by atoms with E-state index in [0.717, 1.165) is 17.0 Å². The van der Waals surface area contributed by atoms with E-state index in [4.69, 9.17) is 0 Å². The molecular formula is C12H10N2OS. The zero-order chi connectivity index (χ0) is 11.0. The van der Waals surface area contributed by atoms with Gasteiger partial charge in [-0.1, -0.05) is 42.1 Å². The quantitative estimate of drug-likeness (QED) is 0.764. The number of thioether (sulfide) groups is 1. The van der Waals surface area contributed by atoms with Gasteiger partial charge in [-0.2, -0.15) is 0 Å². The van der Waals surface area contributed by atoms with Crippen molar-refractivity contribution >= 4 is 11.8 Å². The minimum absolute atomic E-state index is 0.00377. The van der Waals surface area contributed by atoms with E-state index in [2.05, 4.69) is 22.1 Å². The second kappa shape index (κ2) is 3.79. The van der Waals surface area contributed by atoms with Gasteiger partial charge in [0.05, 0.1) is 11.9 Å². The Bertz CT molecular complexity index is 565. The summed E-state index contributed by atoms with van der Waals surface area (Å²) in [5.41, 5.74) is 2.07. The molecule has 1 atom stereocenters. The molecule has 3 rings (SSSR count). The van der Waals surface area contributed by atoms with Crippen LogP contribution < -0.4 is 5.56 Å². The lowest BCUT2D eigenvalue weighted by atomic mass is 10.1. The highest BCUT2D eigenvalue weighted by molar-refractivity contribution is 7.99. The van der Waals surface area contributed by atoms with Crippen LogP contribution in [0.1, 0.15) is 16.4 Å². The molecule has 1 aliphatic rings. The van der Waals surface area contributed by atoms with Gasteiger partial charge in [-0.05, 0) is 12.0 Å². The Morgan fingerprint density at radius 2 is 2.12 bits per heavy atom. The lowest BCUT2D eigenvalue weighted by Crippen LogP contribution is -2.12. The second-order valence-corrected chi connectivity index (χ2v) is 4.93. The summed E-state index contributed by atoms with van der Waals surface area (Å²) in [7, 11) is 0. The molecular weight excluding hydrogens is 220 g/mol. The molecule has 1 unspecified atom stereocenters. The van der Waals surface area contributed by atoms with Crippen molar-refractivity contribution in [2.75, 3.05) is 0 Å². The molecule has 0 radical (unpaired) electrons. The highest BCUT2D eigenvalue weighted by Crippen LogP contribution is 2.43. The van der Waals surface area contributed by atoms with E-state index in [-0.39, 0.29) is 5.56 Å². The van der Waals surface area contributed by atoms with Crippen LogP contribution in [0.3, 0.4) is 0 Å². The number of nitrogens with one attached hydrogen (secondary N) is 1. The molecule has 3 nitrogen and oxygen atoms in total. The molecule has 1 N–H and O–H groups in total. The zero-order valence-electron chi connectivity index (χ0n) is 8.51. The third kappa shape index (κ3) is 1.55. The van der Waals surface area contributed by atoms with Crippen molar-refractivity contribution in [3.63, 3.8) is 0 Å². The number of rotatable bonds is 1. The van der Waals surface area contributed by atoms with E-state index in [0.29, 0.717) is 5.25 Å². The number of fused-ring (bicyclic) bond motifs is 1. The summed E-state index contributed by atoms with van der Waals surface area (Å²) >= 11 is 1.67. The zero-order valence-corrected chi connectivity index (χ0v) is 9.33. The highest BCUT2D eigenvalue weighted by Gasteiger charge is 2.26. The molecule has 16 heavy (non-hydrogen) atoms. The van der Waals surface area contributed by atoms with Gasteiger partial charge in [0, 0.05) is 5.25 Å². The first-order valence-electron chi connectivity index (χ1n) is 5.13. The average molecular weight is 230 g/mol. The van der Waals surface area contributed by atoms with Crippen LogP contribution >= 0.6 is 11.8 Å². The molecule has 0 spiro atoms. The van der Waals surface area contributed by atoms with E-state index < -0.39 is 0 Å². The summed E-state index contributed by atoms with van der Waals surface area (Å²) in [6.45, 7) is 0. The predicted molar refractivity (Wildman–Crippen MR) is 63.6 cm³/mol. The Morgan fingerprint density at radius 3 is 2.88 bits per heavy atom. The summed E-state index contributed by atoms with van der Waals surface area (Å²) in [4.78, 5) is 18.4. The maximum atomic E-state index is 11.6. The molecule has 80 valence electrons. The molecule has 0 saturated heterocycles. The monoisotopic (exact) mass is 230 g/mol. The van der Waals surface area contributed by atoms with Crippen LogP contribution in [0.15, 0.2) is 46.5 Å². The van der Waals surface area contributed by atoms with Crippen LogP contribution in [0.25, 0.3) is 0 Å². The van der Waals surface area contributed by atoms with Crippen LogP contribution in [-0.4, -0.2) is 9.97 Å². The van der Waals surface area contributed by atoms with Crippen molar-refractivity contribution in [3.05, 3.63) is 58.1 Å². The molecule has 0 aliphatic carbocycles. The van der Waals surface area contributed by atoms with Crippen molar-refractivity contribution in [2.24, 2.45) is 0 Å². The first-order chi connectivity index (χ1) is 7.84. The fraction of sp³-hybridized carbons (Fsp3) is 0.167. The minimum Gasteiger partial charge on any atom is -0.313 e. The molecule has 0 amide bonds. The van der Waals surface area contributed by atoms with E-state index in [9.17, 15) is 4.79 Å². The Kier molecular flexibility index (Phi) is 2.29. The van der Waals surface area contributed by atoms with E-state index in [1.165, 1.54) is 11.9 Å². The number of hydrogen-bond acceptors (Lipinski definition) is 3. The maximum Gasteiger partial charge on any atom is 0.255 e. The summed E-state index contributed by atoms with van der Waals surface area (Å²) in [5.74, 6) is 0. The molecule has 2 aromatic rings. The SMILES string of the molecule is O=c1[nH]cnc2c1CC(c1ccccc1)S2. The summed E-state index contributed by atoms with van der Waals surface area (Å²) in [6.07, 6.45) is 2.24. The molecule has 1 aliphatic heterocycles. The van der Waals surface area contributed by atoms with Crippen LogP contribution in [-0.2, 0) is 6.42 Å². The summed E-state index contributed by atoms with van der Waals surface area (Å²) in [5, 5.41) is 1.20. The van der Waals surface area contributed by atoms with Crippen LogP contribution in [0.2, 0.25) is 0 Å². The van der Waals surface area contributed by atoms with Crippen molar-refractivity contribution in [3.8, 4) is 0 Å². The normalized spacial score (nSPS) is 18.4. The highest BCUT2D eigenvalue weighted by atomic mass is 32.2. The number of aromatic amines is 1. The molecule has 4 heteroatoms. The largest absolute Gasteiger partial charge is 0.313 e. The van der Waals surface area contributed by atoms with Crippen LogP contribution in [0, 0.1) is 0 Å². The van der Waals surface area contributed by atoms with Gasteiger partial charge in [-0.3, -0.25) is 4.79 Å². The second-order valence-electron chi connectivity index (χ2n) is 3.74. The van der Waals surface area contributed by atoms with Crippen molar-refractivity contribution in [1.29, 1.82) is 0 Å². The van der Waals surface area contributed by atoms with Crippen molar-refractivity contribution < 1.29 is 0 Å². The molecule has 0 saturated carbocycles. The van der Waals surface area contributed by atoms with Gasteiger partial charge in [-0.15, -0.1) is 0 Å². The van der Waals surface area contributed by atoms with Gasteiger partial charge in [0.2, 0.25) is 0 Å². The Morgan fingerprint density at radius 1 is 1.31 bits per heavy atom. The molecule has 2 heterocycles. The van der Waals surface area contributed by atoms with Gasteiger partial charge >= 0.3 is 0 Å². The average Bonchev–Trinajstić information content (AvgIpc) is 2.76. The first kappa shape index (κ1) is 9.66. The first-order valence-corrected chi connectivity index (χ1v) is 6.01. The predicted octanol–water partition coefficient (Wildman–Crippen LogP) is 2.16. The smallest absolute Gasteiger partial charge is 0.255 e. The fourth-order valence-electron chi connectivity index (χ4n) is 1.91. The number of aromatic nitrogens is 2. The molecule has 0 fully saturated rings. The Labute approximate surface area is 96.9 Å². The third-order valence-electron chi connectivity index (χ3n) is 2.72. The number of hydrogen-bond donors (Lipinski definition) is 1. The Balaban J connectivity index is 1.97. The van der Waals surface area contributed by atoms with Gasteiger partial charge in [-0.25, -0.2) is 4.98 Å². The summed E-state index contributed by atoms with van der Waals surface area (Å²) in [6, 6.07) is 10.2.